The lowest BCUT2D eigenvalue weighted by molar-refractivity contribution is -0.118. The van der Waals surface area contributed by atoms with Gasteiger partial charge < -0.3 is 0 Å². The molecule has 0 radical (unpaired) electrons. The monoisotopic (exact) mass is 249 g/mol. The molecule has 0 amide bonds. The molecular formula is C14H23N3O. The van der Waals surface area contributed by atoms with Crippen molar-refractivity contribution in [1.29, 1.82) is 0 Å². The third kappa shape index (κ3) is 3.19. The molecular weight excluding hydrogens is 226 g/mol. The second kappa shape index (κ2) is 5.65. The van der Waals surface area contributed by atoms with Crippen LogP contribution in [-0.4, -0.2) is 33.1 Å². The van der Waals surface area contributed by atoms with Crippen LogP contribution in [0.3, 0.4) is 0 Å². The van der Waals surface area contributed by atoms with E-state index in [0.29, 0.717) is 18.2 Å². The molecule has 0 saturated carbocycles. The summed E-state index contributed by atoms with van der Waals surface area (Å²) >= 11 is 0. The highest BCUT2D eigenvalue weighted by atomic mass is 16.1. The number of hydrogen-bond acceptors (Lipinski definition) is 3. The van der Waals surface area contributed by atoms with Gasteiger partial charge in [-0.15, -0.1) is 0 Å². The van der Waals surface area contributed by atoms with Crippen molar-refractivity contribution in [2.24, 2.45) is 7.05 Å². The average Bonchev–Trinajstić information content (AvgIpc) is 2.59. The number of aromatic nitrogens is 2. The molecule has 0 spiro atoms. The molecule has 4 heteroatoms. The van der Waals surface area contributed by atoms with Crippen molar-refractivity contribution in [3.05, 3.63) is 17.5 Å². The largest absolute Gasteiger partial charge is 0.300 e. The molecule has 1 fully saturated rings. The molecule has 1 aliphatic rings. The van der Waals surface area contributed by atoms with Gasteiger partial charge >= 0.3 is 0 Å². The number of piperidine rings is 1. The van der Waals surface area contributed by atoms with Crippen LogP contribution >= 0.6 is 0 Å². The Balaban J connectivity index is 2.05. The van der Waals surface area contributed by atoms with Gasteiger partial charge in [0.05, 0.1) is 11.4 Å². The summed E-state index contributed by atoms with van der Waals surface area (Å²) in [7, 11) is 1.99. The Kier molecular flexibility index (Phi) is 4.17. The average molecular weight is 249 g/mol. The van der Waals surface area contributed by atoms with Gasteiger partial charge in [0.15, 0.2) is 0 Å². The van der Waals surface area contributed by atoms with Crippen LogP contribution in [0, 0.1) is 6.92 Å². The van der Waals surface area contributed by atoms with Gasteiger partial charge in [-0.25, -0.2) is 0 Å². The molecule has 2 rings (SSSR count). The van der Waals surface area contributed by atoms with Gasteiger partial charge in [0, 0.05) is 26.1 Å². The van der Waals surface area contributed by atoms with Crippen molar-refractivity contribution < 1.29 is 4.79 Å². The maximum atomic E-state index is 11.3. The molecule has 4 nitrogen and oxygen atoms in total. The van der Waals surface area contributed by atoms with Crippen molar-refractivity contribution in [3.8, 4) is 0 Å². The maximum absolute atomic E-state index is 11.3. The number of carbonyl (C=O) groups is 1. The minimum atomic E-state index is 0.299. The van der Waals surface area contributed by atoms with Gasteiger partial charge in [0.25, 0.3) is 0 Å². The first kappa shape index (κ1) is 13.3. The number of Topliss-reactive ketones (excluding diaryl/α,β-unsaturated/α-hetero) is 1. The van der Waals surface area contributed by atoms with Gasteiger partial charge in [-0.05, 0) is 39.3 Å². The highest BCUT2D eigenvalue weighted by Gasteiger charge is 2.24. The van der Waals surface area contributed by atoms with E-state index < -0.39 is 0 Å². The maximum Gasteiger partial charge on any atom is 0.131 e. The van der Waals surface area contributed by atoms with Crippen molar-refractivity contribution in [2.45, 2.75) is 52.1 Å². The Morgan fingerprint density at radius 2 is 2.28 bits per heavy atom. The van der Waals surface area contributed by atoms with Crippen molar-refractivity contribution in [2.75, 3.05) is 6.54 Å². The number of likely N-dealkylation sites (tertiary alicyclic amines) is 1. The van der Waals surface area contributed by atoms with E-state index in [9.17, 15) is 4.79 Å². The standard InChI is InChI=1S/C14H23N3O/c1-11-8-14(16(3)15-11)10-17-7-5-4-6-13(17)9-12(2)18/h8,13H,4-7,9-10H2,1-3H3. The predicted octanol–water partition coefficient (Wildman–Crippen LogP) is 2.06. The lowest BCUT2D eigenvalue weighted by Crippen LogP contribution is -2.40. The van der Waals surface area contributed by atoms with Crippen LogP contribution in [0.15, 0.2) is 6.07 Å². The van der Waals surface area contributed by atoms with Gasteiger partial charge in [0.1, 0.15) is 5.78 Å². The van der Waals surface area contributed by atoms with Gasteiger partial charge in [-0.3, -0.25) is 14.4 Å². The van der Waals surface area contributed by atoms with Crippen LogP contribution < -0.4 is 0 Å². The Morgan fingerprint density at radius 3 is 2.89 bits per heavy atom. The van der Waals surface area contributed by atoms with Gasteiger partial charge in [-0.2, -0.15) is 5.10 Å². The normalized spacial score (nSPS) is 21.2. The van der Waals surface area contributed by atoms with E-state index in [-0.39, 0.29) is 0 Å². The lowest BCUT2D eigenvalue weighted by Gasteiger charge is -2.35. The predicted molar refractivity (Wildman–Crippen MR) is 71.3 cm³/mol. The summed E-state index contributed by atoms with van der Waals surface area (Å²) in [6.07, 6.45) is 4.33. The van der Waals surface area contributed by atoms with E-state index >= 15 is 0 Å². The second-order valence-electron chi connectivity index (χ2n) is 5.43. The second-order valence-corrected chi connectivity index (χ2v) is 5.43. The Bertz CT molecular complexity index is 425. The first-order valence-corrected chi connectivity index (χ1v) is 6.79. The number of rotatable bonds is 4. The molecule has 1 aromatic rings. The van der Waals surface area contributed by atoms with E-state index in [1.165, 1.54) is 18.5 Å². The van der Waals surface area contributed by atoms with Crippen LogP contribution in [0.25, 0.3) is 0 Å². The van der Waals surface area contributed by atoms with Crippen molar-refractivity contribution in [1.82, 2.24) is 14.7 Å². The van der Waals surface area contributed by atoms with Crippen LogP contribution in [0.4, 0.5) is 0 Å². The van der Waals surface area contributed by atoms with E-state index in [2.05, 4.69) is 16.1 Å². The summed E-state index contributed by atoms with van der Waals surface area (Å²) in [5.41, 5.74) is 2.30. The SMILES string of the molecule is CC(=O)CC1CCCCN1Cc1cc(C)nn1C. The number of nitrogens with zero attached hydrogens (tertiary/aromatic N) is 3. The molecule has 1 atom stereocenters. The van der Waals surface area contributed by atoms with Gasteiger partial charge in [-0.1, -0.05) is 6.42 Å². The number of hydrogen-bond donors (Lipinski definition) is 0. The van der Waals surface area contributed by atoms with Gasteiger partial charge in [0.2, 0.25) is 0 Å². The highest BCUT2D eigenvalue weighted by molar-refractivity contribution is 5.76. The fourth-order valence-corrected chi connectivity index (χ4v) is 2.85. The quantitative estimate of drug-likeness (QED) is 0.820. The zero-order chi connectivity index (χ0) is 13.1. The third-order valence-corrected chi connectivity index (χ3v) is 3.74. The summed E-state index contributed by atoms with van der Waals surface area (Å²) in [5, 5.41) is 4.39. The summed E-state index contributed by atoms with van der Waals surface area (Å²) in [4.78, 5) is 13.8. The lowest BCUT2D eigenvalue weighted by atomic mass is 9.97. The van der Waals surface area contributed by atoms with Crippen LogP contribution in [0.1, 0.15) is 44.0 Å². The third-order valence-electron chi connectivity index (χ3n) is 3.74. The Hall–Kier alpha value is -1.16. The zero-order valence-corrected chi connectivity index (χ0v) is 11.6. The van der Waals surface area contributed by atoms with Crippen molar-refractivity contribution in [3.63, 3.8) is 0 Å². The number of carbonyl (C=O) groups excluding carboxylic acids is 1. The van der Waals surface area contributed by atoms with E-state index in [4.69, 9.17) is 0 Å². The van der Waals surface area contributed by atoms with E-state index in [1.807, 2.05) is 18.7 Å². The first-order valence-electron chi connectivity index (χ1n) is 6.79. The van der Waals surface area contributed by atoms with Crippen molar-refractivity contribution >= 4 is 5.78 Å². The highest BCUT2D eigenvalue weighted by Crippen LogP contribution is 2.22. The topological polar surface area (TPSA) is 38.1 Å². The van der Waals surface area contributed by atoms with E-state index in [0.717, 1.165) is 25.2 Å². The summed E-state index contributed by atoms with van der Waals surface area (Å²) in [5.74, 6) is 0.299. The summed E-state index contributed by atoms with van der Waals surface area (Å²) in [6.45, 7) is 5.73. The summed E-state index contributed by atoms with van der Waals surface area (Å²) < 4.78 is 1.95. The summed E-state index contributed by atoms with van der Waals surface area (Å²) in [6, 6.07) is 2.56. The minimum Gasteiger partial charge on any atom is -0.300 e. The molecule has 1 unspecified atom stereocenters. The van der Waals surface area contributed by atoms with Crippen LogP contribution in [-0.2, 0) is 18.4 Å². The molecule has 100 valence electrons. The van der Waals surface area contributed by atoms with E-state index in [1.54, 1.807) is 6.92 Å². The first-order chi connectivity index (χ1) is 8.56. The molecule has 1 saturated heterocycles. The fraction of sp³-hybridized carbons (Fsp3) is 0.714. The Labute approximate surface area is 109 Å². The number of aryl methyl sites for hydroxylation is 2. The van der Waals surface area contributed by atoms with Crippen LogP contribution in [0.2, 0.25) is 0 Å². The molecule has 2 heterocycles. The molecule has 1 aromatic heterocycles. The smallest absolute Gasteiger partial charge is 0.131 e. The molecule has 1 aliphatic heterocycles. The molecule has 0 aliphatic carbocycles. The van der Waals surface area contributed by atoms with Crippen LogP contribution in [0.5, 0.6) is 0 Å². The molecule has 18 heavy (non-hydrogen) atoms. The zero-order valence-electron chi connectivity index (χ0n) is 11.6. The minimum absolute atomic E-state index is 0.299. The number of ketones is 1. The molecule has 0 aromatic carbocycles. The fourth-order valence-electron chi connectivity index (χ4n) is 2.85. The molecule has 0 N–H and O–H groups in total. The molecule has 0 bridgehead atoms. The Morgan fingerprint density at radius 1 is 1.50 bits per heavy atom.